The highest BCUT2D eigenvalue weighted by Gasteiger charge is 2.59. The molecule has 3 heterocycles. The second-order valence-electron chi connectivity index (χ2n) is 5.24. The molecule has 6 nitrogen and oxygen atoms in total. The van der Waals surface area contributed by atoms with Gasteiger partial charge in [-0.15, -0.1) is 0 Å². The van der Waals surface area contributed by atoms with Gasteiger partial charge in [-0.25, -0.2) is 4.79 Å². The first-order chi connectivity index (χ1) is 9.56. The lowest BCUT2D eigenvalue weighted by molar-refractivity contribution is -0.157. The molecule has 3 rings (SSSR count). The molecule has 0 spiro atoms. The van der Waals surface area contributed by atoms with Gasteiger partial charge in [0.15, 0.2) is 0 Å². The SMILES string of the molecule is CC[C@H](O)[C@@H]1C(=O)N2C(C(=O)O)=C([C@H]3CCCO3)S[C@H]12. The van der Waals surface area contributed by atoms with E-state index in [-0.39, 0.29) is 23.1 Å². The lowest BCUT2D eigenvalue weighted by Crippen LogP contribution is -2.61. The van der Waals surface area contributed by atoms with Crippen LogP contribution >= 0.6 is 11.8 Å². The molecule has 2 fully saturated rings. The van der Waals surface area contributed by atoms with E-state index in [1.54, 1.807) is 0 Å². The van der Waals surface area contributed by atoms with E-state index in [1.807, 2.05) is 6.92 Å². The highest BCUT2D eigenvalue weighted by molar-refractivity contribution is 8.04. The standard InChI is InChI=1S/C13H17NO5S/c1-2-6(15)8-11(16)14-9(13(17)18)10(20-12(8)14)7-4-3-5-19-7/h6-8,12,15H,2-5H2,1H3,(H,17,18)/t6-,7+,8+,12+/m0/s1. The second-order valence-corrected chi connectivity index (χ2v) is 6.40. The van der Waals surface area contributed by atoms with Crippen LogP contribution < -0.4 is 0 Å². The molecule has 0 aliphatic carbocycles. The van der Waals surface area contributed by atoms with Gasteiger partial charge in [0.25, 0.3) is 0 Å². The molecular weight excluding hydrogens is 282 g/mol. The van der Waals surface area contributed by atoms with Crippen LogP contribution in [0.3, 0.4) is 0 Å². The van der Waals surface area contributed by atoms with E-state index in [0.29, 0.717) is 17.9 Å². The summed E-state index contributed by atoms with van der Waals surface area (Å²) in [5, 5.41) is 19.0. The molecule has 0 bridgehead atoms. The van der Waals surface area contributed by atoms with Crippen LogP contribution in [0.15, 0.2) is 10.6 Å². The number of carbonyl (C=O) groups is 2. The van der Waals surface area contributed by atoms with Crippen molar-refractivity contribution in [2.24, 2.45) is 5.92 Å². The van der Waals surface area contributed by atoms with Gasteiger partial charge < -0.3 is 14.9 Å². The Hall–Kier alpha value is -1.05. The third kappa shape index (κ3) is 1.88. The molecular formula is C13H17NO5S. The molecule has 110 valence electrons. The van der Waals surface area contributed by atoms with Gasteiger partial charge in [-0.05, 0) is 19.3 Å². The van der Waals surface area contributed by atoms with Crippen LogP contribution in [-0.4, -0.2) is 51.2 Å². The summed E-state index contributed by atoms with van der Waals surface area (Å²) >= 11 is 1.37. The van der Waals surface area contributed by atoms with Crippen molar-refractivity contribution in [3.05, 3.63) is 10.6 Å². The molecule has 20 heavy (non-hydrogen) atoms. The van der Waals surface area contributed by atoms with E-state index in [0.717, 1.165) is 12.8 Å². The van der Waals surface area contributed by atoms with Gasteiger partial charge >= 0.3 is 5.97 Å². The summed E-state index contributed by atoms with van der Waals surface area (Å²) in [6.07, 6.45) is 1.24. The van der Waals surface area contributed by atoms with Crippen LogP contribution in [0.25, 0.3) is 0 Å². The van der Waals surface area contributed by atoms with E-state index in [2.05, 4.69) is 0 Å². The van der Waals surface area contributed by atoms with Gasteiger partial charge in [0.05, 0.1) is 18.1 Å². The van der Waals surface area contributed by atoms with Gasteiger partial charge in [0.1, 0.15) is 11.1 Å². The van der Waals surface area contributed by atoms with Gasteiger partial charge in [-0.2, -0.15) is 0 Å². The Morgan fingerprint density at radius 3 is 2.90 bits per heavy atom. The fraction of sp³-hybridized carbons (Fsp3) is 0.692. The third-order valence-corrected chi connectivity index (χ3v) is 5.52. The number of hydrogen-bond donors (Lipinski definition) is 2. The van der Waals surface area contributed by atoms with Gasteiger partial charge in [0.2, 0.25) is 5.91 Å². The van der Waals surface area contributed by atoms with Gasteiger partial charge in [-0.1, -0.05) is 18.7 Å². The number of thioether (sulfide) groups is 1. The first-order valence-electron chi connectivity index (χ1n) is 6.83. The van der Waals surface area contributed by atoms with Crippen molar-refractivity contribution in [2.75, 3.05) is 6.61 Å². The number of hydrogen-bond acceptors (Lipinski definition) is 5. The molecule has 1 amide bonds. The van der Waals surface area contributed by atoms with Crippen molar-refractivity contribution in [3.8, 4) is 0 Å². The highest BCUT2D eigenvalue weighted by atomic mass is 32.2. The number of aliphatic hydroxyl groups is 1. The van der Waals surface area contributed by atoms with Crippen LogP contribution in [0.5, 0.6) is 0 Å². The summed E-state index contributed by atoms with van der Waals surface area (Å²) < 4.78 is 5.56. The van der Waals surface area contributed by atoms with E-state index in [1.165, 1.54) is 16.7 Å². The number of β-lactam (4-membered cyclic amide) rings is 1. The number of aliphatic carboxylic acids is 1. The molecule has 2 saturated heterocycles. The Bertz CT molecular complexity index is 485. The quantitative estimate of drug-likeness (QED) is 0.745. The zero-order chi connectivity index (χ0) is 14.4. The molecule has 0 aromatic rings. The van der Waals surface area contributed by atoms with E-state index >= 15 is 0 Å². The van der Waals surface area contributed by atoms with Crippen LogP contribution in [-0.2, 0) is 14.3 Å². The van der Waals surface area contributed by atoms with Crippen LogP contribution in [0, 0.1) is 5.92 Å². The minimum absolute atomic E-state index is 0.0523. The lowest BCUT2D eigenvalue weighted by Gasteiger charge is -2.44. The normalized spacial score (nSPS) is 34.2. The smallest absolute Gasteiger partial charge is 0.353 e. The molecule has 3 aliphatic rings. The number of amides is 1. The van der Waals surface area contributed by atoms with Gasteiger partial charge in [-0.3, -0.25) is 9.69 Å². The predicted octanol–water partition coefficient (Wildman–Crippen LogP) is 0.764. The summed E-state index contributed by atoms with van der Waals surface area (Å²) in [6.45, 7) is 2.44. The second kappa shape index (κ2) is 5.05. The Labute approximate surface area is 120 Å². The number of carbonyl (C=O) groups excluding carboxylic acids is 1. The number of carboxylic acid groups (broad SMARTS) is 1. The molecule has 2 N–H and O–H groups in total. The minimum Gasteiger partial charge on any atom is -0.477 e. The molecule has 4 atom stereocenters. The number of carboxylic acids is 1. The van der Waals surface area contributed by atoms with Gasteiger partial charge in [0, 0.05) is 11.5 Å². The summed E-state index contributed by atoms with van der Waals surface area (Å²) in [7, 11) is 0. The maximum atomic E-state index is 12.1. The summed E-state index contributed by atoms with van der Waals surface area (Å²) in [5.74, 6) is -1.89. The topological polar surface area (TPSA) is 87.1 Å². The zero-order valence-electron chi connectivity index (χ0n) is 11.1. The fourth-order valence-electron chi connectivity index (χ4n) is 2.98. The Kier molecular flexibility index (Phi) is 3.51. The van der Waals surface area contributed by atoms with Crippen molar-refractivity contribution in [3.63, 3.8) is 0 Å². The van der Waals surface area contributed by atoms with Crippen molar-refractivity contribution >= 4 is 23.6 Å². The fourth-order valence-corrected chi connectivity index (χ4v) is 4.64. The Morgan fingerprint density at radius 2 is 2.35 bits per heavy atom. The molecule has 7 heteroatoms. The minimum atomic E-state index is -1.09. The summed E-state index contributed by atoms with van der Waals surface area (Å²) in [4.78, 5) is 25.6. The molecule has 3 aliphatic heterocycles. The molecule has 0 aromatic carbocycles. The van der Waals surface area contributed by atoms with Crippen molar-refractivity contribution in [1.29, 1.82) is 0 Å². The molecule has 0 saturated carbocycles. The monoisotopic (exact) mass is 299 g/mol. The number of ether oxygens (including phenoxy) is 1. The maximum absolute atomic E-state index is 12.1. The Morgan fingerprint density at radius 1 is 1.60 bits per heavy atom. The molecule has 0 radical (unpaired) electrons. The highest BCUT2D eigenvalue weighted by Crippen LogP contribution is 2.52. The maximum Gasteiger partial charge on any atom is 0.353 e. The molecule has 0 aromatic heterocycles. The van der Waals surface area contributed by atoms with Crippen molar-refractivity contribution in [2.45, 2.75) is 43.8 Å². The average Bonchev–Trinajstić information content (AvgIpc) is 3.03. The van der Waals surface area contributed by atoms with Crippen molar-refractivity contribution < 1.29 is 24.5 Å². The number of nitrogens with zero attached hydrogens (tertiary/aromatic N) is 1. The largest absolute Gasteiger partial charge is 0.477 e. The number of aliphatic hydroxyl groups excluding tert-OH is 1. The molecule has 0 unspecified atom stereocenters. The first-order valence-corrected chi connectivity index (χ1v) is 7.71. The number of rotatable bonds is 4. The zero-order valence-corrected chi connectivity index (χ0v) is 11.9. The summed E-state index contributed by atoms with van der Waals surface area (Å²) in [5.41, 5.74) is 0.0523. The van der Waals surface area contributed by atoms with E-state index in [4.69, 9.17) is 4.74 Å². The first kappa shape index (κ1) is 13.9. The van der Waals surface area contributed by atoms with Crippen LogP contribution in [0.1, 0.15) is 26.2 Å². The van der Waals surface area contributed by atoms with Crippen LogP contribution in [0.4, 0.5) is 0 Å². The summed E-state index contributed by atoms with van der Waals surface area (Å²) in [6, 6.07) is 0. The predicted molar refractivity (Wildman–Crippen MR) is 71.6 cm³/mol. The number of fused-ring (bicyclic) bond motifs is 1. The third-order valence-electron chi connectivity index (χ3n) is 4.06. The average molecular weight is 299 g/mol. The van der Waals surface area contributed by atoms with E-state index < -0.39 is 18.0 Å². The Balaban J connectivity index is 1.88. The lowest BCUT2D eigenvalue weighted by atomic mass is 9.90. The van der Waals surface area contributed by atoms with Crippen molar-refractivity contribution in [1.82, 2.24) is 4.90 Å². The van der Waals surface area contributed by atoms with E-state index in [9.17, 15) is 19.8 Å². The van der Waals surface area contributed by atoms with Crippen LogP contribution in [0.2, 0.25) is 0 Å².